The molecule has 9 rings (SSSR count). The summed E-state index contributed by atoms with van der Waals surface area (Å²) in [5, 5.41) is 7.76. The Labute approximate surface area is 251 Å². The molecule has 0 N–H and O–H groups in total. The molecule has 43 heavy (non-hydrogen) atoms. The molecular formula is C43H28. The Morgan fingerprint density at radius 1 is 0.302 bits per heavy atom. The number of hydrogen-bond donors (Lipinski definition) is 0. The van der Waals surface area contributed by atoms with Gasteiger partial charge in [-0.3, -0.25) is 0 Å². The first kappa shape index (κ1) is 24.2. The van der Waals surface area contributed by atoms with Crippen molar-refractivity contribution in [2.45, 2.75) is 6.42 Å². The van der Waals surface area contributed by atoms with Gasteiger partial charge in [0.15, 0.2) is 0 Å². The van der Waals surface area contributed by atoms with Gasteiger partial charge in [-0.2, -0.15) is 0 Å². The monoisotopic (exact) mass is 544 g/mol. The molecule has 0 aromatic heterocycles. The summed E-state index contributed by atoms with van der Waals surface area (Å²) in [6.45, 7) is 0. The molecule has 0 fully saturated rings. The number of fused-ring (bicyclic) bond motifs is 6. The smallest absolute Gasteiger partial charge is 0.00132 e. The normalized spacial score (nSPS) is 12.1. The summed E-state index contributed by atoms with van der Waals surface area (Å²) >= 11 is 0. The van der Waals surface area contributed by atoms with E-state index in [4.69, 9.17) is 0 Å². The fourth-order valence-corrected chi connectivity index (χ4v) is 7.33. The molecule has 0 saturated heterocycles. The van der Waals surface area contributed by atoms with E-state index in [0.717, 1.165) is 6.42 Å². The number of hydrogen-bond acceptors (Lipinski definition) is 0. The molecule has 200 valence electrons. The Balaban J connectivity index is 1.32. The van der Waals surface area contributed by atoms with Crippen molar-refractivity contribution < 1.29 is 0 Å². The van der Waals surface area contributed by atoms with E-state index >= 15 is 0 Å². The van der Waals surface area contributed by atoms with Gasteiger partial charge < -0.3 is 0 Å². The van der Waals surface area contributed by atoms with E-state index in [2.05, 4.69) is 158 Å². The maximum absolute atomic E-state index is 2.45. The van der Waals surface area contributed by atoms with Crippen molar-refractivity contribution in [3.63, 3.8) is 0 Å². The van der Waals surface area contributed by atoms with Crippen LogP contribution < -0.4 is 0 Å². The summed E-state index contributed by atoms with van der Waals surface area (Å²) in [6.07, 6.45) is 0.993. The molecule has 0 nitrogen and oxygen atoms in total. The molecule has 0 bridgehead atoms. The van der Waals surface area contributed by atoms with Crippen LogP contribution in [0.4, 0.5) is 0 Å². The molecular weight excluding hydrogens is 516 g/mol. The zero-order chi connectivity index (χ0) is 28.3. The minimum atomic E-state index is 0.993. The van der Waals surface area contributed by atoms with Gasteiger partial charge in [-0.05, 0) is 107 Å². The lowest BCUT2D eigenvalue weighted by Crippen LogP contribution is -1.93. The third-order valence-corrected chi connectivity index (χ3v) is 9.25. The predicted molar refractivity (Wildman–Crippen MR) is 184 cm³/mol. The van der Waals surface area contributed by atoms with Crippen molar-refractivity contribution in [1.82, 2.24) is 0 Å². The van der Waals surface area contributed by atoms with Crippen molar-refractivity contribution in [3.05, 3.63) is 169 Å². The van der Waals surface area contributed by atoms with Crippen LogP contribution in [0.15, 0.2) is 158 Å². The lowest BCUT2D eigenvalue weighted by Gasteiger charge is -2.20. The van der Waals surface area contributed by atoms with E-state index in [9.17, 15) is 0 Å². The molecule has 0 atom stereocenters. The van der Waals surface area contributed by atoms with Gasteiger partial charge in [0.05, 0.1) is 0 Å². The third-order valence-electron chi connectivity index (χ3n) is 9.25. The molecule has 0 heterocycles. The highest BCUT2D eigenvalue weighted by Gasteiger charge is 2.22. The maximum atomic E-state index is 2.45. The van der Waals surface area contributed by atoms with Crippen molar-refractivity contribution in [2.75, 3.05) is 0 Å². The van der Waals surface area contributed by atoms with E-state index in [1.165, 1.54) is 88.0 Å². The average molecular weight is 545 g/mol. The Bertz CT molecular complexity index is 2300. The summed E-state index contributed by atoms with van der Waals surface area (Å²) in [5.41, 5.74) is 13.2. The van der Waals surface area contributed by atoms with Gasteiger partial charge in [-0.15, -0.1) is 0 Å². The van der Waals surface area contributed by atoms with Gasteiger partial charge in [0.25, 0.3) is 0 Å². The fraction of sp³-hybridized carbons (Fsp3) is 0.0233. The molecule has 0 aliphatic heterocycles. The van der Waals surface area contributed by atoms with Gasteiger partial charge in [0, 0.05) is 0 Å². The predicted octanol–water partition coefficient (Wildman–Crippen LogP) is 11.7. The zero-order valence-electron chi connectivity index (χ0n) is 23.7. The molecule has 0 saturated carbocycles. The molecule has 0 spiro atoms. The summed E-state index contributed by atoms with van der Waals surface area (Å²) in [7, 11) is 0. The van der Waals surface area contributed by atoms with Crippen molar-refractivity contribution in [1.29, 1.82) is 0 Å². The van der Waals surface area contributed by atoms with Crippen LogP contribution in [-0.2, 0) is 6.42 Å². The van der Waals surface area contributed by atoms with Gasteiger partial charge in [0.1, 0.15) is 0 Å². The maximum Gasteiger partial charge on any atom is -0.00132 e. The van der Waals surface area contributed by atoms with Gasteiger partial charge in [-0.1, -0.05) is 146 Å². The second-order valence-corrected chi connectivity index (χ2v) is 11.7. The first-order chi connectivity index (χ1) is 21.3. The van der Waals surface area contributed by atoms with Gasteiger partial charge in [0.2, 0.25) is 0 Å². The minimum Gasteiger partial charge on any atom is -0.0622 e. The number of rotatable bonds is 3. The van der Waals surface area contributed by atoms with Crippen LogP contribution in [0.25, 0.3) is 76.8 Å². The molecule has 1 aliphatic carbocycles. The Morgan fingerprint density at radius 2 is 0.837 bits per heavy atom. The van der Waals surface area contributed by atoms with Crippen LogP contribution >= 0.6 is 0 Å². The second-order valence-electron chi connectivity index (χ2n) is 11.7. The lowest BCUT2D eigenvalue weighted by molar-refractivity contribution is 1.27. The largest absolute Gasteiger partial charge is 0.0622 e. The Hall–Kier alpha value is -5.46. The Morgan fingerprint density at radius 3 is 1.53 bits per heavy atom. The second kappa shape index (κ2) is 9.54. The van der Waals surface area contributed by atoms with Crippen molar-refractivity contribution >= 4 is 32.3 Å². The third kappa shape index (κ3) is 3.77. The number of benzene rings is 8. The van der Waals surface area contributed by atoms with Crippen LogP contribution in [0.3, 0.4) is 0 Å². The van der Waals surface area contributed by atoms with Crippen LogP contribution in [0.1, 0.15) is 11.1 Å². The van der Waals surface area contributed by atoms with Gasteiger partial charge in [-0.25, -0.2) is 0 Å². The molecule has 8 aromatic carbocycles. The van der Waals surface area contributed by atoms with E-state index in [-0.39, 0.29) is 0 Å². The van der Waals surface area contributed by atoms with Gasteiger partial charge >= 0.3 is 0 Å². The molecule has 0 heteroatoms. The zero-order valence-corrected chi connectivity index (χ0v) is 23.7. The highest BCUT2D eigenvalue weighted by atomic mass is 14.3. The SMILES string of the molecule is c1ccc(-c2ccccc2-c2c3ccccc3c(-c3ccc4c(c3)-c3cc5ccccc5cc3C4)c3ccccc23)cc1. The standard InChI is InChI=1S/C43H28/c1-2-12-28(13-3-1)34-16-6-7-17-35(34)43-38-20-10-8-18-36(38)42(37-19-9-11-21-39(37)43)32-23-22-31-25-33-24-29-14-4-5-15-30(29)26-41(33)40(31)27-32/h1-24,26-27H,25H2. The fourth-order valence-electron chi connectivity index (χ4n) is 7.33. The Kier molecular flexibility index (Phi) is 5.36. The molecule has 0 amide bonds. The highest BCUT2D eigenvalue weighted by Crippen LogP contribution is 2.48. The van der Waals surface area contributed by atoms with E-state index < -0.39 is 0 Å². The molecule has 0 unspecified atom stereocenters. The van der Waals surface area contributed by atoms with E-state index in [1.54, 1.807) is 0 Å². The van der Waals surface area contributed by atoms with Crippen LogP contribution in [0.2, 0.25) is 0 Å². The summed E-state index contributed by atoms with van der Waals surface area (Å²) in [5.74, 6) is 0. The van der Waals surface area contributed by atoms with E-state index in [0.29, 0.717) is 0 Å². The molecule has 1 aliphatic rings. The highest BCUT2D eigenvalue weighted by molar-refractivity contribution is 6.22. The van der Waals surface area contributed by atoms with Crippen LogP contribution in [0.5, 0.6) is 0 Å². The topological polar surface area (TPSA) is 0 Å². The summed E-state index contributed by atoms with van der Waals surface area (Å²) in [6, 6.07) is 58.2. The molecule has 8 aromatic rings. The van der Waals surface area contributed by atoms with Crippen molar-refractivity contribution in [2.24, 2.45) is 0 Å². The van der Waals surface area contributed by atoms with Crippen LogP contribution in [0, 0.1) is 0 Å². The first-order valence-corrected chi connectivity index (χ1v) is 15.1. The van der Waals surface area contributed by atoms with Crippen molar-refractivity contribution in [3.8, 4) is 44.5 Å². The van der Waals surface area contributed by atoms with E-state index in [1.807, 2.05) is 0 Å². The average Bonchev–Trinajstić information content (AvgIpc) is 3.43. The molecule has 0 radical (unpaired) electrons. The van der Waals surface area contributed by atoms with Crippen LogP contribution in [-0.4, -0.2) is 0 Å². The minimum absolute atomic E-state index is 0.993. The lowest BCUT2D eigenvalue weighted by atomic mass is 9.83. The quantitative estimate of drug-likeness (QED) is 0.194. The first-order valence-electron chi connectivity index (χ1n) is 15.1. The summed E-state index contributed by atoms with van der Waals surface area (Å²) in [4.78, 5) is 0. The summed E-state index contributed by atoms with van der Waals surface area (Å²) < 4.78 is 0.